The summed E-state index contributed by atoms with van der Waals surface area (Å²) in [5.41, 5.74) is 1.91. The molecule has 0 bridgehead atoms. The summed E-state index contributed by atoms with van der Waals surface area (Å²) in [6.45, 7) is 5.31. The Morgan fingerprint density at radius 2 is 1.86 bits per heavy atom. The molecule has 0 saturated heterocycles. The molecule has 0 aliphatic rings. The molecule has 0 spiro atoms. The van der Waals surface area contributed by atoms with E-state index in [1.807, 2.05) is 6.92 Å². The van der Waals surface area contributed by atoms with Gasteiger partial charge in [-0.25, -0.2) is 4.79 Å². The molecule has 2 rings (SSSR count). The van der Waals surface area contributed by atoms with Crippen molar-refractivity contribution < 1.29 is 14.7 Å². The van der Waals surface area contributed by atoms with E-state index in [0.717, 1.165) is 4.88 Å². The summed E-state index contributed by atoms with van der Waals surface area (Å²) in [6, 6.07) is 5.05. The van der Waals surface area contributed by atoms with Crippen LogP contribution in [0.2, 0.25) is 5.02 Å². The first-order valence-electron chi connectivity index (χ1n) is 6.22. The van der Waals surface area contributed by atoms with Gasteiger partial charge in [0.1, 0.15) is 5.00 Å². The Morgan fingerprint density at radius 1 is 1.19 bits per heavy atom. The largest absolute Gasteiger partial charge is 0.478 e. The molecule has 110 valence electrons. The fraction of sp³-hybridized carbons (Fsp3) is 0.200. The molecule has 0 saturated carbocycles. The van der Waals surface area contributed by atoms with Gasteiger partial charge in [-0.2, -0.15) is 0 Å². The highest BCUT2D eigenvalue weighted by molar-refractivity contribution is 7.16. The Bertz CT molecular complexity index is 737. The Labute approximate surface area is 131 Å². The lowest BCUT2D eigenvalue weighted by Gasteiger charge is -2.08. The second-order valence-corrected chi connectivity index (χ2v) is 6.29. The number of rotatable bonds is 3. The Hall–Kier alpha value is -1.85. The van der Waals surface area contributed by atoms with Gasteiger partial charge < -0.3 is 10.4 Å². The quantitative estimate of drug-likeness (QED) is 0.886. The number of carbonyl (C=O) groups excluding carboxylic acids is 1. The number of carbonyl (C=O) groups is 2. The summed E-state index contributed by atoms with van der Waals surface area (Å²) in [5.74, 6) is -1.41. The van der Waals surface area contributed by atoms with Crippen LogP contribution in [0, 0.1) is 20.8 Å². The van der Waals surface area contributed by atoms with E-state index in [4.69, 9.17) is 11.6 Å². The molecule has 2 aromatic rings. The van der Waals surface area contributed by atoms with Gasteiger partial charge in [0.2, 0.25) is 0 Å². The average Bonchev–Trinajstić information content (AvgIpc) is 2.67. The van der Waals surface area contributed by atoms with Crippen molar-refractivity contribution in [3.05, 3.63) is 50.4 Å². The SMILES string of the molecule is Cc1sc(NC(=O)c2cccc(Cl)c2C)c(C(=O)O)c1C. The second-order valence-electron chi connectivity index (χ2n) is 4.66. The number of aromatic carboxylic acids is 1. The number of amides is 1. The van der Waals surface area contributed by atoms with E-state index in [9.17, 15) is 14.7 Å². The summed E-state index contributed by atoms with van der Waals surface area (Å²) in [7, 11) is 0. The summed E-state index contributed by atoms with van der Waals surface area (Å²) in [6.07, 6.45) is 0. The Morgan fingerprint density at radius 3 is 2.48 bits per heavy atom. The van der Waals surface area contributed by atoms with E-state index in [-0.39, 0.29) is 11.5 Å². The fourth-order valence-corrected chi connectivity index (χ4v) is 3.22. The van der Waals surface area contributed by atoms with Crippen molar-refractivity contribution in [1.29, 1.82) is 0 Å². The zero-order chi connectivity index (χ0) is 15.7. The van der Waals surface area contributed by atoms with Gasteiger partial charge in [0.15, 0.2) is 0 Å². The lowest BCUT2D eigenvalue weighted by atomic mass is 10.1. The highest BCUT2D eigenvalue weighted by Crippen LogP contribution is 2.33. The van der Waals surface area contributed by atoms with E-state index in [0.29, 0.717) is 26.7 Å². The number of halogens is 1. The van der Waals surface area contributed by atoms with Crippen LogP contribution in [0.15, 0.2) is 18.2 Å². The maximum atomic E-state index is 12.3. The highest BCUT2D eigenvalue weighted by atomic mass is 35.5. The van der Waals surface area contributed by atoms with Crippen molar-refractivity contribution in [2.45, 2.75) is 20.8 Å². The molecule has 0 atom stereocenters. The standard InChI is InChI=1S/C15H14ClNO3S/c1-7-9(3)21-14(12(7)15(19)20)17-13(18)10-5-4-6-11(16)8(10)2/h4-6H,1-3H3,(H,17,18)(H,19,20). The normalized spacial score (nSPS) is 10.5. The summed E-state index contributed by atoms with van der Waals surface area (Å²) < 4.78 is 0. The van der Waals surface area contributed by atoms with Crippen LogP contribution in [-0.2, 0) is 0 Å². The molecule has 1 aromatic heterocycles. The summed E-state index contributed by atoms with van der Waals surface area (Å²) >= 11 is 7.26. The lowest BCUT2D eigenvalue weighted by Crippen LogP contribution is -2.15. The van der Waals surface area contributed by atoms with Gasteiger partial charge in [0.05, 0.1) is 5.56 Å². The van der Waals surface area contributed by atoms with Gasteiger partial charge in [0.25, 0.3) is 5.91 Å². The van der Waals surface area contributed by atoms with E-state index in [2.05, 4.69) is 5.32 Å². The van der Waals surface area contributed by atoms with Gasteiger partial charge in [-0.3, -0.25) is 4.79 Å². The van der Waals surface area contributed by atoms with Crippen molar-refractivity contribution in [3.8, 4) is 0 Å². The maximum absolute atomic E-state index is 12.3. The fourth-order valence-electron chi connectivity index (χ4n) is 2.00. The molecule has 0 radical (unpaired) electrons. The summed E-state index contributed by atoms with van der Waals surface area (Å²) in [4.78, 5) is 24.5. The number of benzene rings is 1. The zero-order valence-electron chi connectivity index (χ0n) is 11.8. The van der Waals surface area contributed by atoms with Crippen molar-refractivity contribution in [1.82, 2.24) is 0 Å². The van der Waals surface area contributed by atoms with Gasteiger partial charge in [0, 0.05) is 15.5 Å². The molecule has 0 aliphatic heterocycles. The number of nitrogens with one attached hydrogen (secondary N) is 1. The van der Waals surface area contributed by atoms with Crippen LogP contribution >= 0.6 is 22.9 Å². The van der Waals surface area contributed by atoms with Crippen molar-refractivity contribution in [2.24, 2.45) is 0 Å². The number of thiophene rings is 1. The lowest BCUT2D eigenvalue weighted by molar-refractivity contribution is 0.0697. The van der Waals surface area contributed by atoms with Gasteiger partial charge >= 0.3 is 5.97 Å². The molecule has 6 heteroatoms. The number of carboxylic acids is 1. The smallest absolute Gasteiger partial charge is 0.338 e. The number of carboxylic acid groups (broad SMARTS) is 1. The minimum absolute atomic E-state index is 0.144. The third kappa shape index (κ3) is 2.94. The van der Waals surface area contributed by atoms with E-state index in [1.54, 1.807) is 32.0 Å². The number of aryl methyl sites for hydroxylation is 1. The zero-order valence-corrected chi connectivity index (χ0v) is 13.4. The van der Waals surface area contributed by atoms with Crippen LogP contribution in [0.25, 0.3) is 0 Å². The minimum Gasteiger partial charge on any atom is -0.478 e. The molecule has 21 heavy (non-hydrogen) atoms. The third-order valence-corrected chi connectivity index (χ3v) is 4.87. The van der Waals surface area contributed by atoms with Crippen molar-refractivity contribution in [2.75, 3.05) is 5.32 Å². The predicted octanol–water partition coefficient (Wildman–Crippen LogP) is 4.28. The molecule has 1 aromatic carbocycles. The number of hydrogen-bond acceptors (Lipinski definition) is 3. The molecule has 0 unspecified atom stereocenters. The molecule has 2 N–H and O–H groups in total. The highest BCUT2D eigenvalue weighted by Gasteiger charge is 2.21. The Balaban J connectivity index is 2.39. The first-order valence-corrected chi connectivity index (χ1v) is 7.42. The van der Waals surface area contributed by atoms with Gasteiger partial charge in [-0.1, -0.05) is 17.7 Å². The summed E-state index contributed by atoms with van der Waals surface area (Å²) in [5, 5.41) is 12.8. The minimum atomic E-state index is -1.05. The van der Waals surface area contributed by atoms with Crippen LogP contribution in [0.1, 0.15) is 36.7 Å². The van der Waals surface area contributed by atoms with Crippen molar-refractivity contribution in [3.63, 3.8) is 0 Å². The van der Waals surface area contributed by atoms with Gasteiger partial charge in [-0.15, -0.1) is 11.3 Å². The number of hydrogen-bond donors (Lipinski definition) is 2. The predicted molar refractivity (Wildman–Crippen MR) is 84.9 cm³/mol. The molecule has 0 fully saturated rings. The molecule has 1 amide bonds. The number of anilines is 1. The van der Waals surface area contributed by atoms with Crippen molar-refractivity contribution >= 4 is 39.8 Å². The van der Waals surface area contributed by atoms with Crippen LogP contribution in [-0.4, -0.2) is 17.0 Å². The molecular formula is C15H14ClNO3S. The molecular weight excluding hydrogens is 310 g/mol. The molecule has 4 nitrogen and oxygen atoms in total. The van der Waals surface area contributed by atoms with Crippen LogP contribution in [0.5, 0.6) is 0 Å². The maximum Gasteiger partial charge on any atom is 0.338 e. The Kier molecular flexibility index (Phi) is 4.34. The van der Waals surface area contributed by atoms with Gasteiger partial charge in [-0.05, 0) is 44.0 Å². The first-order chi connectivity index (χ1) is 9.82. The van der Waals surface area contributed by atoms with Crippen LogP contribution < -0.4 is 5.32 Å². The van der Waals surface area contributed by atoms with E-state index >= 15 is 0 Å². The second kappa shape index (κ2) is 5.87. The third-order valence-electron chi connectivity index (χ3n) is 3.34. The average molecular weight is 324 g/mol. The van der Waals surface area contributed by atoms with Crippen LogP contribution in [0.4, 0.5) is 5.00 Å². The van der Waals surface area contributed by atoms with E-state index in [1.165, 1.54) is 11.3 Å². The monoisotopic (exact) mass is 323 g/mol. The van der Waals surface area contributed by atoms with E-state index < -0.39 is 5.97 Å². The van der Waals surface area contributed by atoms with Crippen LogP contribution in [0.3, 0.4) is 0 Å². The molecule has 0 aliphatic carbocycles. The topological polar surface area (TPSA) is 66.4 Å². The first kappa shape index (κ1) is 15.5. The molecule has 1 heterocycles.